The average Bonchev–Trinajstić information content (AvgIpc) is 3.03. The van der Waals surface area contributed by atoms with Crippen molar-refractivity contribution in [2.75, 3.05) is 18.5 Å². The summed E-state index contributed by atoms with van der Waals surface area (Å²) in [6, 6.07) is 0. The van der Waals surface area contributed by atoms with E-state index in [1.165, 1.54) is 11.3 Å². The van der Waals surface area contributed by atoms with Gasteiger partial charge in [0.2, 0.25) is 5.95 Å². The predicted molar refractivity (Wildman–Crippen MR) is 129 cm³/mol. The van der Waals surface area contributed by atoms with Crippen LogP contribution in [0.15, 0.2) is 69.8 Å². The number of anilines is 1. The van der Waals surface area contributed by atoms with Crippen molar-refractivity contribution in [1.82, 2.24) is 19.8 Å². The lowest BCUT2D eigenvalue weighted by Crippen LogP contribution is -2.26. The number of allylic oxidation sites excluding steroid dienone is 8. The van der Waals surface area contributed by atoms with Gasteiger partial charge in [-0.25, -0.2) is 18.5 Å². The van der Waals surface area contributed by atoms with Gasteiger partial charge in [0, 0.05) is 24.4 Å². The Morgan fingerprint density at radius 3 is 2.88 bits per heavy atom. The molecule has 3 rings (SSSR count). The molecule has 2 aliphatic rings. The first kappa shape index (κ1) is 24.3. The SMILES string of the molecule is C=C(F)/C(=C\C=C(/C)Nc1nc2n(n1)CCC[C@@H](C(/C=C\CF)=C/C)C2)N1CC(C)=NC=N1. The van der Waals surface area contributed by atoms with E-state index in [4.69, 9.17) is 0 Å². The summed E-state index contributed by atoms with van der Waals surface area (Å²) < 4.78 is 28.5. The minimum Gasteiger partial charge on any atom is -0.327 e. The van der Waals surface area contributed by atoms with Crippen LogP contribution in [-0.2, 0) is 13.0 Å². The number of hydrogen-bond donors (Lipinski definition) is 1. The van der Waals surface area contributed by atoms with Crippen LogP contribution in [0.1, 0.15) is 39.4 Å². The van der Waals surface area contributed by atoms with Gasteiger partial charge in [-0.05, 0) is 57.3 Å². The van der Waals surface area contributed by atoms with Gasteiger partial charge < -0.3 is 5.32 Å². The fourth-order valence-corrected chi connectivity index (χ4v) is 3.87. The number of halogens is 2. The maximum Gasteiger partial charge on any atom is 0.246 e. The van der Waals surface area contributed by atoms with E-state index < -0.39 is 12.5 Å². The number of fused-ring (bicyclic) bond motifs is 1. The van der Waals surface area contributed by atoms with Gasteiger partial charge in [-0.15, -0.1) is 5.10 Å². The second-order valence-electron chi connectivity index (χ2n) is 8.05. The van der Waals surface area contributed by atoms with Crippen molar-refractivity contribution >= 4 is 18.0 Å². The van der Waals surface area contributed by atoms with Crippen molar-refractivity contribution in [3.05, 3.63) is 65.6 Å². The monoisotopic (exact) mass is 455 g/mol. The molecule has 0 saturated heterocycles. The van der Waals surface area contributed by atoms with Crippen LogP contribution in [0, 0.1) is 5.92 Å². The maximum atomic E-state index is 14.0. The molecule has 7 nitrogen and oxygen atoms in total. The molecule has 1 aromatic rings. The van der Waals surface area contributed by atoms with E-state index in [2.05, 4.69) is 32.1 Å². The highest BCUT2D eigenvalue weighted by Crippen LogP contribution is 2.27. The molecule has 2 aliphatic heterocycles. The number of nitrogens with zero attached hydrogens (tertiary/aromatic N) is 6. The van der Waals surface area contributed by atoms with Gasteiger partial charge in [-0.2, -0.15) is 10.1 Å². The molecule has 0 aromatic carbocycles. The lowest BCUT2D eigenvalue weighted by atomic mass is 9.91. The Morgan fingerprint density at radius 1 is 1.36 bits per heavy atom. The zero-order valence-corrected chi connectivity index (χ0v) is 19.4. The number of nitrogens with one attached hydrogen (secondary N) is 1. The summed E-state index contributed by atoms with van der Waals surface area (Å²) in [5, 5.41) is 13.4. The minimum atomic E-state index is -0.578. The third kappa shape index (κ3) is 6.57. The zero-order valence-electron chi connectivity index (χ0n) is 19.4. The number of aliphatic imine (C=N–C) groups is 1. The molecule has 3 heterocycles. The highest BCUT2D eigenvalue weighted by molar-refractivity contribution is 5.91. The molecule has 0 bridgehead atoms. The molecular formula is C24H31F2N7. The Morgan fingerprint density at radius 2 is 2.18 bits per heavy atom. The zero-order chi connectivity index (χ0) is 23.8. The van der Waals surface area contributed by atoms with Crippen LogP contribution in [0.4, 0.5) is 14.7 Å². The van der Waals surface area contributed by atoms with Crippen LogP contribution in [0.5, 0.6) is 0 Å². The standard InChI is InChI=1S/C24H31F2N7/c1-5-20(8-6-12-25)21-9-7-13-32-23(14-21)30-24(31-32)29-17(2)10-11-22(19(4)26)33-15-18(3)27-16-28-33/h5-6,8,10-11,16,21H,4,7,9,12-15H2,1-3H3,(H,29,31)/b8-6-,17-10+,20-5+,22-11+/t21-/m1/s1. The molecule has 0 saturated carbocycles. The van der Waals surface area contributed by atoms with E-state index >= 15 is 0 Å². The fraction of sp³-hybridized carbons (Fsp3) is 0.417. The first-order valence-corrected chi connectivity index (χ1v) is 11.1. The summed E-state index contributed by atoms with van der Waals surface area (Å²) in [7, 11) is 0. The largest absolute Gasteiger partial charge is 0.327 e. The second-order valence-corrected chi connectivity index (χ2v) is 8.05. The molecule has 1 N–H and O–H groups in total. The van der Waals surface area contributed by atoms with E-state index in [1.807, 2.05) is 37.6 Å². The van der Waals surface area contributed by atoms with Crippen molar-refractivity contribution in [2.24, 2.45) is 16.0 Å². The minimum absolute atomic E-state index is 0.262. The number of aryl methyl sites for hydroxylation is 1. The van der Waals surface area contributed by atoms with E-state index in [0.29, 0.717) is 12.5 Å². The van der Waals surface area contributed by atoms with E-state index in [9.17, 15) is 8.78 Å². The molecule has 1 atom stereocenters. The number of aromatic nitrogens is 3. The van der Waals surface area contributed by atoms with E-state index in [-0.39, 0.29) is 11.6 Å². The first-order chi connectivity index (χ1) is 15.9. The molecule has 0 spiro atoms. The van der Waals surface area contributed by atoms with Gasteiger partial charge in [0.15, 0.2) is 0 Å². The highest BCUT2D eigenvalue weighted by atomic mass is 19.1. The van der Waals surface area contributed by atoms with Gasteiger partial charge in [0.1, 0.15) is 24.7 Å². The highest BCUT2D eigenvalue weighted by Gasteiger charge is 2.22. The molecule has 0 unspecified atom stereocenters. The van der Waals surface area contributed by atoms with E-state index in [1.54, 1.807) is 18.2 Å². The van der Waals surface area contributed by atoms with Gasteiger partial charge in [0.25, 0.3) is 0 Å². The normalized spacial score (nSPS) is 20.0. The van der Waals surface area contributed by atoms with Crippen LogP contribution < -0.4 is 5.32 Å². The van der Waals surface area contributed by atoms with E-state index in [0.717, 1.165) is 48.6 Å². The van der Waals surface area contributed by atoms with Crippen molar-refractivity contribution in [3.8, 4) is 0 Å². The molecule has 9 heteroatoms. The van der Waals surface area contributed by atoms with Crippen LogP contribution in [0.2, 0.25) is 0 Å². The lowest BCUT2D eigenvalue weighted by molar-refractivity contribution is 0.396. The molecule has 0 aliphatic carbocycles. The molecule has 33 heavy (non-hydrogen) atoms. The summed E-state index contributed by atoms with van der Waals surface area (Å²) in [4.78, 5) is 8.75. The maximum absolute atomic E-state index is 14.0. The summed E-state index contributed by atoms with van der Waals surface area (Å²) in [6.45, 7) is 9.83. The Kier molecular flexibility index (Phi) is 8.46. The van der Waals surface area contributed by atoms with Gasteiger partial charge in [-0.3, -0.25) is 5.01 Å². The van der Waals surface area contributed by atoms with Crippen LogP contribution in [0.3, 0.4) is 0 Å². The number of rotatable bonds is 8. The summed E-state index contributed by atoms with van der Waals surface area (Å²) >= 11 is 0. The summed E-state index contributed by atoms with van der Waals surface area (Å²) in [5.74, 6) is 1.09. The molecule has 0 fully saturated rings. The molecule has 0 amide bonds. The third-order valence-corrected chi connectivity index (χ3v) is 5.51. The van der Waals surface area contributed by atoms with Crippen molar-refractivity contribution in [2.45, 2.75) is 46.6 Å². The number of hydrazone groups is 1. The number of alkyl halides is 1. The summed E-state index contributed by atoms with van der Waals surface area (Å²) in [5.41, 5.74) is 2.97. The number of hydrogen-bond acceptors (Lipinski definition) is 6. The Labute approximate surface area is 193 Å². The molecule has 1 aromatic heterocycles. The average molecular weight is 456 g/mol. The molecular weight excluding hydrogens is 424 g/mol. The first-order valence-electron chi connectivity index (χ1n) is 11.1. The second kappa shape index (κ2) is 11.5. The fourth-order valence-electron chi connectivity index (χ4n) is 3.87. The van der Waals surface area contributed by atoms with Gasteiger partial charge in [-0.1, -0.05) is 24.8 Å². The Hall–Kier alpha value is -3.36. The molecule has 0 radical (unpaired) electrons. The van der Waals surface area contributed by atoms with Crippen LogP contribution in [0.25, 0.3) is 0 Å². The molecule has 176 valence electrons. The van der Waals surface area contributed by atoms with Gasteiger partial charge in [0.05, 0.1) is 12.2 Å². The van der Waals surface area contributed by atoms with Crippen molar-refractivity contribution in [1.29, 1.82) is 0 Å². The Balaban J connectivity index is 1.72. The quantitative estimate of drug-likeness (QED) is 0.554. The van der Waals surface area contributed by atoms with Crippen molar-refractivity contribution < 1.29 is 8.78 Å². The summed E-state index contributed by atoms with van der Waals surface area (Å²) in [6.07, 6.45) is 12.9. The smallest absolute Gasteiger partial charge is 0.246 e. The predicted octanol–water partition coefficient (Wildman–Crippen LogP) is 5.11. The van der Waals surface area contributed by atoms with Gasteiger partial charge >= 0.3 is 0 Å². The van der Waals surface area contributed by atoms with Crippen LogP contribution in [-0.4, -0.2) is 45.0 Å². The Bertz CT molecular complexity index is 1040. The third-order valence-electron chi connectivity index (χ3n) is 5.51. The van der Waals surface area contributed by atoms with Crippen LogP contribution >= 0.6 is 0 Å². The lowest BCUT2D eigenvalue weighted by Gasteiger charge is -2.22. The van der Waals surface area contributed by atoms with Crippen molar-refractivity contribution in [3.63, 3.8) is 0 Å². The topological polar surface area (TPSA) is 70.7 Å².